The number of carbonyl (C=O) groups excluding carboxylic acids is 1. The quantitative estimate of drug-likeness (QED) is 0.739. The molecule has 16 heavy (non-hydrogen) atoms. The van der Waals surface area contributed by atoms with Crippen molar-refractivity contribution in [2.45, 2.75) is 6.10 Å². The Morgan fingerprint density at radius 3 is 3.06 bits per heavy atom. The molecule has 5 nitrogen and oxygen atoms in total. The molecule has 0 saturated carbocycles. The highest BCUT2D eigenvalue weighted by molar-refractivity contribution is 6.29. The third kappa shape index (κ3) is 4.14. The zero-order valence-electron chi connectivity index (χ0n) is 8.81. The minimum Gasteiger partial charge on any atom is -0.389 e. The van der Waals surface area contributed by atoms with Crippen LogP contribution in [-0.2, 0) is 4.74 Å². The van der Waals surface area contributed by atoms with Gasteiger partial charge in [-0.15, -0.1) is 0 Å². The number of halogens is 1. The first-order valence-corrected chi connectivity index (χ1v) is 5.09. The van der Waals surface area contributed by atoms with Crippen LogP contribution in [0.4, 0.5) is 0 Å². The second-order valence-electron chi connectivity index (χ2n) is 3.16. The number of nitrogens with one attached hydrogen (secondary N) is 1. The van der Waals surface area contributed by atoms with E-state index < -0.39 is 6.10 Å². The van der Waals surface area contributed by atoms with Gasteiger partial charge in [0.2, 0.25) is 0 Å². The molecular formula is C10H13ClN2O3. The lowest BCUT2D eigenvalue weighted by Crippen LogP contribution is -2.34. The van der Waals surface area contributed by atoms with Gasteiger partial charge in [-0.05, 0) is 12.1 Å². The molecule has 1 heterocycles. The second kappa shape index (κ2) is 6.42. The van der Waals surface area contributed by atoms with Crippen molar-refractivity contribution in [2.75, 3.05) is 20.3 Å². The summed E-state index contributed by atoms with van der Waals surface area (Å²) >= 11 is 5.64. The summed E-state index contributed by atoms with van der Waals surface area (Å²) in [6.07, 6.45) is -0.729. The number of nitrogens with zero attached hydrogens (tertiary/aromatic N) is 1. The molecule has 1 unspecified atom stereocenters. The molecule has 0 saturated heterocycles. The number of hydrogen-bond donors (Lipinski definition) is 2. The van der Waals surface area contributed by atoms with Gasteiger partial charge >= 0.3 is 0 Å². The van der Waals surface area contributed by atoms with E-state index in [-0.39, 0.29) is 29.9 Å². The van der Waals surface area contributed by atoms with Crippen LogP contribution in [0, 0.1) is 0 Å². The van der Waals surface area contributed by atoms with Crippen molar-refractivity contribution in [3.8, 4) is 0 Å². The van der Waals surface area contributed by atoms with E-state index in [4.69, 9.17) is 16.3 Å². The number of methoxy groups -OCH3 is 1. The Bertz CT molecular complexity index is 360. The van der Waals surface area contributed by atoms with Crippen LogP contribution >= 0.6 is 11.6 Å². The standard InChI is InChI=1S/C10H13ClN2O3/c1-16-6-7(14)5-12-10(15)8-3-2-4-9(11)13-8/h2-4,7,14H,5-6H2,1H3,(H,12,15). The lowest BCUT2D eigenvalue weighted by Gasteiger charge is -2.10. The predicted octanol–water partition coefficient (Wildman–Crippen LogP) is 0.472. The van der Waals surface area contributed by atoms with Gasteiger partial charge in [0.15, 0.2) is 0 Å². The van der Waals surface area contributed by atoms with Crippen molar-refractivity contribution in [1.29, 1.82) is 0 Å². The van der Waals surface area contributed by atoms with E-state index in [1.165, 1.54) is 7.11 Å². The zero-order chi connectivity index (χ0) is 12.0. The van der Waals surface area contributed by atoms with E-state index in [9.17, 15) is 9.90 Å². The van der Waals surface area contributed by atoms with E-state index in [1.54, 1.807) is 18.2 Å². The fraction of sp³-hybridized carbons (Fsp3) is 0.400. The summed E-state index contributed by atoms with van der Waals surface area (Å²) in [4.78, 5) is 15.4. The number of rotatable bonds is 5. The molecule has 0 aliphatic carbocycles. The number of pyridine rings is 1. The van der Waals surface area contributed by atoms with Crippen molar-refractivity contribution < 1.29 is 14.6 Å². The molecule has 6 heteroatoms. The summed E-state index contributed by atoms with van der Waals surface area (Å²) in [5.74, 6) is -0.377. The highest BCUT2D eigenvalue weighted by Gasteiger charge is 2.09. The Kier molecular flexibility index (Phi) is 5.18. The Morgan fingerprint density at radius 1 is 1.69 bits per heavy atom. The van der Waals surface area contributed by atoms with E-state index in [0.717, 1.165) is 0 Å². The van der Waals surface area contributed by atoms with E-state index in [2.05, 4.69) is 10.3 Å². The maximum atomic E-state index is 11.5. The van der Waals surface area contributed by atoms with Crippen molar-refractivity contribution >= 4 is 17.5 Å². The molecule has 0 aliphatic rings. The molecule has 0 spiro atoms. The van der Waals surface area contributed by atoms with Gasteiger partial charge in [-0.25, -0.2) is 4.98 Å². The maximum Gasteiger partial charge on any atom is 0.270 e. The number of hydrogen-bond acceptors (Lipinski definition) is 4. The minimum absolute atomic E-state index is 0.112. The van der Waals surface area contributed by atoms with Gasteiger partial charge in [0.25, 0.3) is 5.91 Å². The average molecular weight is 245 g/mol. The molecule has 1 rings (SSSR count). The lowest BCUT2D eigenvalue weighted by atomic mass is 10.3. The molecule has 1 aromatic heterocycles. The Labute approximate surface area is 98.4 Å². The molecular weight excluding hydrogens is 232 g/mol. The minimum atomic E-state index is -0.729. The predicted molar refractivity (Wildman–Crippen MR) is 59.5 cm³/mol. The van der Waals surface area contributed by atoms with Crippen molar-refractivity contribution in [3.63, 3.8) is 0 Å². The molecule has 1 aromatic rings. The smallest absolute Gasteiger partial charge is 0.270 e. The molecule has 2 N–H and O–H groups in total. The highest BCUT2D eigenvalue weighted by Crippen LogP contribution is 2.04. The maximum absolute atomic E-state index is 11.5. The van der Waals surface area contributed by atoms with Gasteiger partial charge in [-0.3, -0.25) is 4.79 Å². The Morgan fingerprint density at radius 2 is 2.44 bits per heavy atom. The summed E-state index contributed by atoms with van der Waals surface area (Å²) in [7, 11) is 1.48. The van der Waals surface area contributed by atoms with Crippen LogP contribution in [-0.4, -0.2) is 42.4 Å². The number of amides is 1. The fourth-order valence-corrected chi connectivity index (χ4v) is 1.25. The molecule has 0 aromatic carbocycles. The number of aliphatic hydroxyl groups is 1. The van der Waals surface area contributed by atoms with Crippen LogP contribution in [0.15, 0.2) is 18.2 Å². The lowest BCUT2D eigenvalue weighted by molar-refractivity contribution is 0.0608. The van der Waals surface area contributed by atoms with Crippen molar-refractivity contribution in [3.05, 3.63) is 29.0 Å². The SMILES string of the molecule is COCC(O)CNC(=O)c1cccc(Cl)n1. The Balaban J connectivity index is 2.47. The number of aromatic nitrogens is 1. The van der Waals surface area contributed by atoms with Gasteiger partial charge in [-0.1, -0.05) is 17.7 Å². The van der Waals surface area contributed by atoms with E-state index >= 15 is 0 Å². The van der Waals surface area contributed by atoms with Gasteiger partial charge in [-0.2, -0.15) is 0 Å². The average Bonchev–Trinajstić information content (AvgIpc) is 2.26. The fourth-order valence-electron chi connectivity index (χ4n) is 1.09. The van der Waals surface area contributed by atoms with Crippen LogP contribution in [0.1, 0.15) is 10.5 Å². The van der Waals surface area contributed by atoms with Crippen LogP contribution in [0.2, 0.25) is 5.15 Å². The van der Waals surface area contributed by atoms with Gasteiger partial charge in [0, 0.05) is 13.7 Å². The first-order valence-electron chi connectivity index (χ1n) is 4.71. The third-order valence-electron chi connectivity index (χ3n) is 1.81. The molecule has 1 amide bonds. The highest BCUT2D eigenvalue weighted by atomic mass is 35.5. The van der Waals surface area contributed by atoms with Gasteiger partial charge in [0.1, 0.15) is 10.8 Å². The summed E-state index contributed by atoms with van der Waals surface area (Å²) < 4.78 is 4.72. The molecule has 1 atom stereocenters. The van der Waals surface area contributed by atoms with E-state index in [1.807, 2.05) is 0 Å². The largest absolute Gasteiger partial charge is 0.389 e. The molecule has 88 valence electrons. The molecule has 0 fully saturated rings. The van der Waals surface area contributed by atoms with Crippen LogP contribution in [0.5, 0.6) is 0 Å². The van der Waals surface area contributed by atoms with E-state index in [0.29, 0.717) is 0 Å². The summed E-state index contributed by atoms with van der Waals surface area (Å²) in [6, 6.07) is 4.76. The number of carbonyl (C=O) groups is 1. The Hall–Kier alpha value is -1.17. The third-order valence-corrected chi connectivity index (χ3v) is 2.02. The summed E-state index contributed by atoms with van der Waals surface area (Å²) in [6.45, 7) is 0.282. The summed E-state index contributed by atoms with van der Waals surface area (Å²) in [5, 5.41) is 12.1. The van der Waals surface area contributed by atoms with Crippen LogP contribution < -0.4 is 5.32 Å². The first-order chi connectivity index (χ1) is 7.63. The first kappa shape index (κ1) is 12.9. The molecule has 0 bridgehead atoms. The molecule has 0 radical (unpaired) electrons. The molecule has 0 aliphatic heterocycles. The van der Waals surface area contributed by atoms with Crippen molar-refractivity contribution in [1.82, 2.24) is 10.3 Å². The number of ether oxygens (including phenoxy) is 1. The monoisotopic (exact) mass is 244 g/mol. The normalized spacial score (nSPS) is 12.2. The van der Waals surface area contributed by atoms with Crippen LogP contribution in [0.25, 0.3) is 0 Å². The topological polar surface area (TPSA) is 71.5 Å². The number of aliphatic hydroxyl groups excluding tert-OH is 1. The zero-order valence-corrected chi connectivity index (χ0v) is 9.57. The second-order valence-corrected chi connectivity index (χ2v) is 3.55. The van der Waals surface area contributed by atoms with Crippen molar-refractivity contribution in [2.24, 2.45) is 0 Å². The van der Waals surface area contributed by atoms with Crippen LogP contribution in [0.3, 0.4) is 0 Å². The van der Waals surface area contributed by atoms with Gasteiger partial charge in [0.05, 0.1) is 12.7 Å². The van der Waals surface area contributed by atoms with Gasteiger partial charge < -0.3 is 15.2 Å². The summed E-state index contributed by atoms with van der Waals surface area (Å²) in [5.41, 5.74) is 0.220.